The predicted octanol–water partition coefficient (Wildman–Crippen LogP) is 0.188. The lowest BCUT2D eigenvalue weighted by molar-refractivity contribution is 0.323. The van der Waals surface area contributed by atoms with Crippen LogP contribution >= 0.6 is 0 Å². The summed E-state index contributed by atoms with van der Waals surface area (Å²) < 4.78 is 1.97. The minimum absolute atomic E-state index is 0.274. The zero-order valence-corrected chi connectivity index (χ0v) is 7.27. The van der Waals surface area contributed by atoms with E-state index in [0.29, 0.717) is 5.92 Å². The first-order valence-electron chi connectivity index (χ1n) is 4.39. The van der Waals surface area contributed by atoms with E-state index in [4.69, 9.17) is 5.73 Å². The fourth-order valence-electron chi connectivity index (χ4n) is 1.71. The predicted molar refractivity (Wildman–Crippen MR) is 45.5 cm³/mol. The average Bonchev–Trinajstić information content (AvgIpc) is 2.49. The Balaban J connectivity index is 2.15. The largest absolute Gasteiger partial charge is 0.328 e. The Hall–Kier alpha value is -0.900. The lowest BCUT2D eigenvalue weighted by Crippen LogP contribution is -2.33. The van der Waals surface area contributed by atoms with Crippen molar-refractivity contribution in [3.8, 4) is 0 Å². The molecule has 1 aromatic rings. The van der Waals surface area contributed by atoms with Crippen molar-refractivity contribution in [3.05, 3.63) is 12.2 Å². The molecule has 0 saturated carbocycles. The van der Waals surface area contributed by atoms with Crippen LogP contribution in [0, 0.1) is 5.92 Å². The Bertz CT molecular complexity index is 266. The summed E-state index contributed by atoms with van der Waals surface area (Å²) in [6.45, 7) is 3.04. The number of fused-ring (bicyclic) bond motifs is 1. The van der Waals surface area contributed by atoms with Gasteiger partial charge in [0.25, 0.3) is 0 Å². The van der Waals surface area contributed by atoms with Crippen LogP contribution in [0.3, 0.4) is 0 Å². The van der Waals surface area contributed by atoms with Gasteiger partial charge in [0.05, 0.1) is 0 Å². The van der Waals surface area contributed by atoms with Crippen LogP contribution in [0.15, 0.2) is 6.33 Å². The molecule has 1 aromatic heterocycles. The van der Waals surface area contributed by atoms with Gasteiger partial charge in [0.1, 0.15) is 12.2 Å². The molecule has 2 atom stereocenters. The summed E-state index contributed by atoms with van der Waals surface area (Å²) in [5.41, 5.74) is 5.84. The molecule has 1 aliphatic rings. The first-order chi connectivity index (χ1) is 5.77. The third kappa shape index (κ3) is 1.22. The van der Waals surface area contributed by atoms with Crippen molar-refractivity contribution in [2.75, 3.05) is 0 Å². The molecule has 0 aromatic carbocycles. The van der Waals surface area contributed by atoms with E-state index in [0.717, 1.165) is 25.2 Å². The van der Waals surface area contributed by atoms with E-state index in [2.05, 4.69) is 17.0 Å². The minimum Gasteiger partial charge on any atom is -0.328 e. The molecule has 0 saturated heterocycles. The van der Waals surface area contributed by atoms with Crippen molar-refractivity contribution in [2.45, 2.75) is 32.4 Å². The van der Waals surface area contributed by atoms with E-state index < -0.39 is 0 Å². The number of nitrogens with two attached hydrogens (primary N) is 1. The monoisotopic (exact) mass is 166 g/mol. The molecule has 4 nitrogen and oxygen atoms in total. The van der Waals surface area contributed by atoms with Crippen LogP contribution in [0.1, 0.15) is 19.2 Å². The summed E-state index contributed by atoms with van der Waals surface area (Å²) in [5, 5.41) is 4.12. The van der Waals surface area contributed by atoms with Gasteiger partial charge >= 0.3 is 0 Å². The van der Waals surface area contributed by atoms with Crippen molar-refractivity contribution in [1.29, 1.82) is 0 Å². The van der Waals surface area contributed by atoms with Gasteiger partial charge in [-0.2, -0.15) is 5.10 Å². The van der Waals surface area contributed by atoms with Crippen LogP contribution in [0.5, 0.6) is 0 Å². The molecule has 0 radical (unpaired) electrons. The standard InChI is InChI=1S/C8H14N4/c1-6(9)7-2-3-12-8(4-7)10-5-11-12/h5-7H,2-4,9H2,1H3. The van der Waals surface area contributed by atoms with Gasteiger partial charge in [-0.25, -0.2) is 4.98 Å². The Morgan fingerprint density at radius 2 is 2.58 bits per heavy atom. The highest BCUT2D eigenvalue weighted by molar-refractivity contribution is 4.93. The van der Waals surface area contributed by atoms with Crippen molar-refractivity contribution >= 4 is 0 Å². The molecule has 4 heteroatoms. The van der Waals surface area contributed by atoms with Gasteiger partial charge in [0, 0.05) is 19.0 Å². The normalized spacial score (nSPS) is 25.0. The molecule has 0 bridgehead atoms. The van der Waals surface area contributed by atoms with Crippen molar-refractivity contribution in [2.24, 2.45) is 11.7 Å². The highest BCUT2D eigenvalue weighted by Crippen LogP contribution is 2.19. The third-order valence-corrected chi connectivity index (χ3v) is 2.60. The van der Waals surface area contributed by atoms with E-state index in [1.165, 1.54) is 0 Å². The van der Waals surface area contributed by atoms with Crippen LogP contribution < -0.4 is 5.73 Å². The molecule has 12 heavy (non-hydrogen) atoms. The third-order valence-electron chi connectivity index (χ3n) is 2.60. The van der Waals surface area contributed by atoms with Gasteiger partial charge in [-0.05, 0) is 19.3 Å². The molecule has 2 heterocycles. The number of nitrogens with zero attached hydrogens (tertiary/aromatic N) is 3. The lowest BCUT2D eigenvalue weighted by Gasteiger charge is -2.24. The van der Waals surface area contributed by atoms with Crippen molar-refractivity contribution in [1.82, 2.24) is 14.8 Å². The molecule has 66 valence electrons. The van der Waals surface area contributed by atoms with Crippen LogP contribution in [-0.4, -0.2) is 20.8 Å². The maximum atomic E-state index is 5.84. The molecule has 1 aliphatic heterocycles. The van der Waals surface area contributed by atoms with Gasteiger partial charge < -0.3 is 5.73 Å². The van der Waals surface area contributed by atoms with E-state index in [-0.39, 0.29) is 6.04 Å². The summed E-state index contributed by atoms with van der Waals surface area (Å²) >= 11 is 0. The van der Waals surface area contributed by atoms with Gasteiger partial charge in [0.2, 0.25) is 0 Å². The Kier molecular flexibility index (Phi) is 1.84. The highest BCUT2D eigenvalue weighted by atomic mass is 15.3. The van der Waals surface area contributed by atoms with Crippen LogP contribution in [-0.2, 0) is 13.0 Å². The van der Waals surface area contributed by atoms with E-state index in [1.54, 1.807) is 6.33 Å². The molecule has 0 spiro atoms. The molecule has 0 fully saturated rings. The van der Waals surface area contributed by atoms with Crippen molar-refractivity contribution < 1.29 is 0 Å². The van der Waals surface area contributed by atoms with Gasteiger partial charge in [-0.1, -0.05) is 0 Å². The molecule has 0 aliphatic carbocycles. The molecule has 2 N–H and O–H groups in total. The van der Waals surface area contributed by atoms with E-state index >= 15 is 0 Å². The Morgan fingerprint density at radius 1 is 1.75 bits per heavy atom. The van der Waals surface area contributed by atoms with E-state index in [9.17, 15) is 0 Å². The number of hydrogen-bond donors (Lipinski definition) is 1. The molecular weight excluding hydrogens is 152 g/mol. The number of aryl methyl sites for hydroxylation is 1. The Morgan fingerprint density at radius 3 is 3.33 bits per heavy atom. The summed E-state index contributed by atoms with van der Waals surface area (Å²) in [7, 11) is 0. The van der Waals surface area contributed by atoms with Crippen LogP contribution in [0.2, 0.25) is 0 Å². The summed E-state index contributed by atoms with van der Waals surface area (Å²) in [5.74, 6) is 1.67. The summed E-state index contributed by atoms with van der Waals surface area (Å²) in [4.78, 5) is 4.19. The maximum absolute atomic E-state index is 5.84. The molecule has 0 amide bonds. The molecule has 2 unspecified atom stereocenters. The van der Waals surface area contributed by atoms with Gasteiger partial charge in [-0.3, -0.25) is 4.68 Å². The number of rotatable bonds is 1. The first-order valence-corrected chi connectivity index (χ1v) is 4.39. The van der Waals surface area contributed by atoms with Crippen molar-refractivity contribution in [3.63, 3.8) is 0 Å². The fraction of sp³-hybridized carbons (Fsp3) is 0.750. The van der Waals surface area contributed by atoms with E-state index in [1.807, 2.05) is 4.68 Å². The SMILES string of the molecule is CC(N)C1CCn2ncnc2C1. The maximum Gasteiger partial charge on any atom is 0.138 e. The minimum atomic E-state index is 0.274. The average molecular weight is 166 g/mol. The first kappa shape index (κ1) is 7.73. The molecular formula is C8H14N4. The fourth-order valence-corrected chi connectivity index (χ4v) is 1.71. The van der Waals surface area contributed by atoms with Crippen LogP contribution in [0.4, 0.5) is 0 Å². The van der Waals surface area contributed by atoms with Crippen LogP contribution in [0.25, 0.3) is 0 Å². The number of aromatic nitrogens is 3. The zero-order chi connectivity index (χ0) is 8.55. The van der Waals surface area contributed by atoms with Gasteiger partial charge in [-0.15, -0.1) is 0 Å². The second-order valence-corrected chi connectivity index (χ2v) is 3.51. The molecule has 2 rings (SSSR count). The zero-order valence-electron chi connectivity index (χ0n) is 7.27. The Labute approximate surface area is 71.8 Å². The highest BCUT2D eigenvalue weighted by Gasteiger charge is 2.22. The summed E-state index contributed by atoms with van der Waals surface area (Å²) in [6.07, 6.45) is 3.74. The lowest BCUT2D eigenvalue weighted by atomic mass is 9.92. The summed E-state index contributed by atoms with van der Waals surface area (Å²) in [6, 6.07) is 0.274. The second-order valence-electron chi connectivity index (χ2n) is 3.51. The second kappa shape index (κ2) is 2.86. The number of hydrogen-bond acceptors (Lipinski definition) is 3. The quantitative estimate of drug-likeness (QED) is 0.647. The van der Waals surface area contributed by atoms with Gasteiger partial charge in [0.15, 0.2) is 0 Å². The smallest absolute Gasteiger partial charge is 0.138 e. The topological polar surface area (TPSA) is 56.7 Å².